The summed E-state index contributed by atoms with van der Waals surface area (Å²) in [5.41, 5.74) is 2.01. The molecule has 4 aromatic rings. The Bertz CT molecular complexity index is 2020. The average Bonchev–Trinajstić information content (AvgIpc) is 3.85. The van der Waals surface area contributed by atoms with Crippen molar-refractivity contribution in [2.75, 3.05) is 30.3 Å². The summed E-state index contributed by atoms with van der Waals surface area (Å²) in [4.78, 5) is 53.7. The van der Waals surface area contributed by atoms with Gasteiger partial charge in [0.1, 0.15) is 11.7 Å². The largest absolute Gasteiger partial charge is 0.490 e. The van der Waals surface area contributed by atoms with Gasteiger partial charge in [-0.15, -0.1) is 0 Å². The molecular weight excluding hydrogens is 745 g/mol. The van der Waals surface area contributed by atoms with Crippen molar-refractivity contribution < 1.29 is 42.1 Å². The Labute approximate surface area is 327 Å². The number of aliphatic hydroxyl groups excluding tert-OH is 1. The standard InChI is InChI=1S/C40H47F3N8O6/c1-39(2,3)57-38(55)50-18-17-26(21-50)46-37-48-33(44-20-27(23-11-6-4-7-12-23)24-13-8-5-9-14-24)30-34(49-37)51(22-45-30)29-19-28(47-35(53)25-15-10-16-25)32(31(29)52)56-36(54)40(41,42)43/h4-9,11-14,22,25-29,31-32,52H,10,15-21H2,1-3H3,(H,47,53)(H2,44,46,48,49)/t26-,28-,29+,31-,32+/m0/s1. The molecule has 0 bridgehead atoms. The van der Waals surface area contributed by atoms with E-state index in [1.807, 2.05) is 60.7 Å². The first kappa shape index (κ1) is 39.8. The predicted molar refractivity (Wildman–Crippen MR) is 203 cm³/mol. The molecular formula is C40H47F3N8O6. The lowest BCUT2D eigenvalue weighted by molar-refractivity contribution is -0.209. The number of rotatable bonds is 11. The molecule has 2 amide bonds. The number of carbonyl (C=O) groups is 3. The van der Waals surface area contributed by atoms with Crippen LogP contribution in [0.1, 0.15) is 76.0 Å². The first-order valence-electron chi connectivity index (χ1n) is 19.2. The monoisotopic (exact) mass is 792 g/mol. The highest BCUT2D eigenvalue weighted by molar-refractivity contribution is 5.85. The number of amides is 2. The van der Waals surface area contributed by atoms with E-state index in [-0.39, 0.29) is 41.8 Å². The van der Waals surface area contributed by atoms with Gasteiger partial charge >= 0.3 is 18.2 Å². The number of fused-ring (bicyclic) bond motifs is 1. The van der Waals surface area contributed by atoms with Crippen LogP contribution in [-0.4, -0.2) is 103 Å². The number of aliphatic hydroxyl groups is 1. The molecule has 3 fully saturated rings. The molecule has 0 radical (unpaired) electrons. The second kappa shape index (κ2) is 16.2. The molecule has 2 aliphatic carbocycles. The third-order valence-corrected chi connectivity index (χ3v) is 10.7. The summed E-state index contributed by atoms with van der Waals surface area (Å²) < 4.78 is 52.2. The highest BCUT2D eigenvalue weighted by Gasteiger charge is 2.51. The number of imidazole rings is 1. The van der Waals surface area contributed by atoms with Gasteiger partial charge in [0.2, 0.25) is 11.9 Å². The Morgan fingerprint density at radius 2 is 1.63 bits per heavy atom. The summed E-state index contributed by atoms with van der Waals surface area (Å²) in [5.74, 6) is -2.71. The number of ether oxygens (including phenoxy) is 2. The SMILES string of the molecule is CC(C)(C)OC(=O)N1CC[C@H](Nc2nc(NCC(c3ccccc3)c3ccccc3)c3ncn([C@@H]4C[C@H](NC(=O)C5CCC5)[C@@H](OC(=O)C(F)(F)F)[C@H]4O)c3n2)C1. The second-order valence-corrected chi connectivity index (χ2v) is 15.9. The van der Waals surface area contributed by atoms with Crippen molar-refractivity contribution in [2.24, 2.45) is 5.92 Å². The number of carbonyl (C=O) groups excluding carboxylic acids is 3. The predicted octanol–water partition coefficient (Wildman–Crippen LogP) is 5.56. The van der Waals surface area contributed by atoms with Gasteiger partial charge in [-0.1, -0.05) is 67.1 Å². The first-order valence-corrected chi connectivity index (χ1v) is 19.2. The number of benzene rings is 2. The van der Waals surface area contributed by atoms with Crippen LogP contribution in [0.2, 0.25) is 0 Å². The molecule has 0 spiro atoms. The van der Waals surface area contributed by atoms with Gasteiger partial charge < -0.3 is 40.0 Å². The van der Waals surface area contributed by atoms with Crippen LogP contribution in [0.25, 0.3) is 11.2 Å². The quantitative estimate of drug-likeness (QED) is 0.140. The number of hydrogen-bond acceptors (Lipinski definition) is 11. The van der Waals surface area contributed by atoms with E-state index in [2.05, 4.69) is 20.9 Å². The summed E-state index contributed by atoms with van der Waals surface area (Å²) in [6.45, 7) is 6.54. The van der Waals surface area contributed by atoms with E-state index in [4.69, 9.17) is 19.4 Å². The molecule has 0 unspecified atom stereocenters. The van der Waals surface area contributed by atoms with Crippen LogP contribution in [0.3, 0.4) is 0 Å². The summed E-state index contributed by atoms with van der Waals surface area (Å²) in [6, 6.07) is 17.5. The van der Waals surface area contributed by atoms with Gasteiger partial charge in [-0.3, -0.25) is 4.79 Å². The van der Waals surface area contributed by atoms with Crippen LogP contribution >= 0.6 is 0 Å². The van der Waals surface area contributed by atoms with Crippen LogP contribution in [0.5, 0.6) is 0 Å². The minimum atomic E-state index is -5.31. The molecule has 17 heteroatoms. The van der Waals surface area contributed by atoms with Crippen molar-refractivity contribution in [1.82, 2.24) is 29.7 Å². The number of nitrogens with one attached hydrogen (secondary N) is 3. The van der Waals surface area contributed by atoms with E-state index in [0.717, 1.165) is 17.5 Å². The van der Waals surface area contributed by atoms with E-state index in [9.17, 15) is 32.7 Å². The average molecular weight is 793 g/mol. The fourth-order valence-electron chi connectivity index (χ4n) is 7.62. The van der Waals surface area contributed by atoms with Gasteiger partial charge in [0.15, 0.2) is 23.1 Å². The van der Waals surface area contributed by atoms with Gasteiger partial charge in [0.25, 0.3) is 0 Å². The molecule has 7 rings (SSSR count). The molecule has 3 heterocycles. The number of anilines is 2. The summed E-state index contributed by atoms with van der Waals surface area (Å²) in [7, 11) is 0. The molecule has 2 saturated carbocycles. The van der Waals surface area contributed by atoms with Gasteiger partial charge in [0, 0.05) is 37.5 Å². The zero-order valence-electron chi connectivity index (χ0n) is 31.9. The number of nitrogens with zero attached hydrogens (tertiary/aromatic N) is 5. The molecule has 2 aromatic heterocycles. The van der Waals surface area contributed by atoms with Crippen LogP contribution in [-0.2, 0) is 19.1 Å². The Morgan fingerprint density at radius 3 is 2.23 bits per heavy atom. The van der Waals surface area contributed by atoms with Crippen molar-refractivity contribution in [3.8, 4) is 0 Å². The fraction of sp³-hybridized carbons (Fsp3) is 0.500. The van der Waals surface area contributed by atoms with E-state index in [1.54, 1.807) is 25.7 Å². The summed E-state index contributed by atoms with van der Waals surface area (Å²) in [5, 5.41) is 21.1. The Kier molecular flexibility index (Phi) is 11.3. The van der Waals surface area contributed by atoms with Crippen LogP contribution in [0, 0.1) is 5.92 Å². The zero-order valence-corrected chi connectivity index (χ0v) is 31.9. The maximum Gasteiger partial charge on any atom is 0.490 e. The van der Waals surface area contributed by atoms with Gasteiger partial charge in [-0.05, 0) is 57.6 Å². The molecule has 1 aliphatic heterocycles. The minimum Gasteiger partial charge on any atom is -0.451 e. The highest BCUT2D eigenvalue weighted by Crippen LogP contribution is 2.38. The molecule has 3 aliphatic rings. The number of alkyl halides is 3. The van der Waals surface area contributed by atoms with Crippen LogP contribution < -0.4 is 16.0 Å². The number of likely N-dealkylation sites (tertiary alicyclic amines) is 1. The molecule has 1 saturated heterocycles. The maximum atomic E-state index is 13.4. The first-order chi connectivity index (χ1) is 27.1. The summed E-state index contributed by atoms with van der Waals surface area (Å²) >= 11 is 0. The maximum absolute atomic E-state index is 13.4. The van der Waals surface area contributed by atoms with E-state index >= 15 is 0 Å². The van der Waals surface area contributed by atoms with Gasteiger partial charge in [0.05, 0.1) is 18.4 Å². The lowest BCUT2D eigenvalue weighted by Crippen LogP contribution is -2.49. The molecule has 304 valence electrons. The van der Waals surface area contributed by atoms with Crippen molar-refractivity contribution in [3.63, 3.8) is 0 Å². The highest BCUT2D eigenvalue weighted by atomic mass is 19.4. The second-order valence-electron chi connectivity index (χ2n) is 15.9. The molecule has 4 N–H and O–H groups in total. The molecule has 5 atom stereocenters. The lowest BCUT2D eigenvalue weighted by Gasteiger charge is -2.28. The van der Waals surface area contributed by atoms with Crippen LogP contribution in [0.15, 0.2) is 67.0 Å². The number of halogens is 3. The third kappa shape index (κ3) is 9.08. The fourth-order valence-corrected chi connectivity index (χ4v) is 7.62. The summed E-state index contributed by atoms with van der Waals surface area (Å²) in [6.07, 6.45) is -5.08. The Balaban J connectivity index is 1.22. The number of hydrogen-bond donors (Lipinski definition) is 4. The molecule has 57 heavy (non-hydrogen) atoms. The van der Waals surface area contributed by atoms with Crippen molar-refractivity contribution in [3.05, 3.63) is 78.1 Å². The van der Waals surface area contributed by atoms with E-state index in [1.165, 1.54) is 10.9 Å². The number of esters is 1. The smallest absolute Gasteiger partial charge is 0.451 e. The van der Waals surface area contributed by atoms with Crippen molar-refractivity contribution in [2.45, 2.75) is 101 Å². The topological polar surface area (TPSA) is 173 Å². The zero-order chi connectivity index (χ0) is 40.5. The van der Waals surface area contributed by atoms with Gasteiger partial charge in [-0.25, -0.2) is 14.6 Å². The third-order valence-electron chi connectivity index (χ3n) is 10.7. The normalized spacial score (nSPS) is 22.7. The minimum absolute atomic E-state index is 0.0754. The van der Waals surface area contributed by atoms with Crippen molar-refractivity contribution >= 4 is 40.9 Å². The Morgan fingerprint density at radius 1 is 0.965 bits per heavy atom. The van der Waals surface area contributed by atoms with Gasteiger partial charge in [-0.2, -0.15) is 23.1 Å². The lowest BCUT2D eigenvalue weighted by atomic mass is 9.84. The van der Waals surface area contributed by atoms with E-state index < -0.39 is 48.1 Å². The molecule has 2 aromatic carbocycles. The number of aromatic nitrogens is 4. The van der Waals surface area contributed by atoms with Crippen molar-refractivity contribution in [1.29, 1.82) is 0 Å². The van der Waals surface area contributed by atoms with E-state index in [0.29, 0.717) is 50.2 Å². The Hall–Kier alpha value is -5.45. The van der Waals surface area contributed by atoms with Crippen LogP contribution in [0.4, 0.5) is 29.7 Å². The molecule has 14 nitrogen and oxygen atoms in total.